The molecule has 1 aromatic heterocycles. The fourth-order valence-corrected chi connectivity index (χ4v) is 1.74. The van der Waals surface area contributed by atoms with Gasteiger partial charge in [-0.1, -0.05) is 26.0 Å². The van der Waals surface area contributed by atoms with Crippen LogP contribution < -0.4 is 5.73 Å². The van der Waals surface area contributed by atoms with Gasteiger partial charge in [0.25, 0.3) is 0 Å². The smallest absolute Gasteiger partial charge is 0.132 e. The van der Waals surface area contributed by atoms with E-state index < -0.39 is 0 Å². The number of hydrogen-bond acceptors (Lipinski definition) is 2. The summed E-state index contributed by atoms with van der Waals surface area (Å²) >= 11 is 0. The second kappa shape index (κ2) is 3.50. The Morgan fingerprint density at radius 3 is 2.73 bits per heavy atom. The number of hydrogen-bond donors (Lipinski definition) is 1. The third-order valence-corrected chi connectivity index (χ3v) is 2.40. The molecule has 3 heteroatoms. The van der Waals surface area contributed by atoms with Gasteiger partial charge in [-0.3, -0.25) is 0 Å². The van der Waals surface area contributed by atoms with Crippen LogP contribution in [0, 0.1) is 5.82 Å². The van der Waals surface area contributed by atoms with E-state index in [1.54, 1.807) is 12.1 Å². The van der Waals surface area contributed by atoms with Gasteiger partial charge in [-0.25, -0.2) is 9.37 Å². The van der Waals surface area contributed by atoms with Crippen LogP contribution in [-0.4, -0.2) is 4.98 Å². The lowest BCUT2D eigenvalue weighted by atomic mass is 10.0. The van der Waals surface area contributed by atoms with E-state index in [-0.39, 0.29) is 11.7 Å². The molecule has 0 aliphatic carbocycles. The van der Waals surface area contributed by atoms with Crippen LogP contribution >= 0.6 is 0 Å². The Bertz CT molecular complexity index is 506. The van der Waals surface area contributed by atoms with E-state index in [0.717, 1.165) is 11.1 Å². The summed E-state index contributed by atoms with van der Waals surface area (Å²) in [6, 6.07) is 6.68. The molecule has 0 saturated heterocycles. The second-order valence-electron chi connectivity index (χ2n) is 3.93. The van der Waals surface area contributed by atoms with Gasteiger partial charge >= 0.3 is 0 Å². The molecule has 1 aromatic carbocycles. The highest BCUT2D eigenvalue weighted by atomic mass is 19.1. The minimum Gasteiger partial charge on any atom is -0.384 e. The Morgan fingerprint density at radius 2 is 2.07 bits per heavy atom. The summed E-state index contributed by atoms with van der Waals surface area (Å²) in [5.74, 6) is 0.369. The highest BCUT2D eigenvalue weighted by Crippen LogP contribution is 2.27. The van der Waals surface area contributed by atoms with E-state index in [1.807, 2.05) is 19.9 Å². The number of nitrogens with two attached hydrogens (primary N) is 1. The maximum atomic E-state index is 13.7. The predicted octanol–water partition coefficient (Wildman–Crippen LogP) is 3.08. The maximum absolute atomic E-state index is 13.7. The largest absolute Gasteiger partial charge is 0.384 e. The quantitative estimate of drug-likeness (QED) is 0.775. The van der Waals surface area contributed by atoms with E-state index in [2.05, 4.69) is 4.98 Å². The Balaban J connectivity index is 2.88. The van der Waals surface area contributed by atoms with Crippen LogP contribution in [0.1, 0.15) is 25.5 Å². The number of anilines is 1. The standard InChI is InChI=1S/C12H13FN2/c1-7(2)12-11-8(6-10(14)15-12)4-3-5-9(11)13/h3-7H,1-2H3,(H2,14,15). The van der Waals surface area contributed by atoms with Crippen molar-refractivity contribution in [1.82, 2.24) is 4.98 Å². The maximum Gasteiger partial charge on any atom is 0.132 e. The minimum atomic E-state index is -0.233. The molecule has 15 heavy (non-hydrogen) atoms. The monoisotopic (exact) mass is 204 g/mol. The number of nitrogens with zero attached hydrogens (tertiary/aromatic N) is 1. The van der Waals surface area contributed by atoms with Crippen LogP contribution in [0.3, 0.4) is 0 Å². The zero-order valence-electron chi connectivity index (χ0n) is 8.79. The summed E-state index contributed by atoms with van der Waals surface area (Å²) in [6.07, 6.45) is 0. The van der Waals surface area contributed by atoms with Crippen molar-refractivity contribution in [3.05, 3.63) is 35.8 Å². The van der Waals surface area contributed by atoms with Crippen molar-refractivity contribution in [3.63, 3.8) is 0 Å². The van der Waals surface area contributed by atoms with Gasteiger partial charge < -0.3 is 5.73 Å². The number of benzene rings is 1. The molecule has 0 aliphatic rings. The second-order valence-corrected chi connectivity index (χ2v) is 3.93. The molecular formula is C12H13FN2. The molecule has 0 amide bonds. The van der Waals surface area contributed by atoms with Crippen molar-refractivity contribution >= 4 is 16.6 Å². The molecular weight excluding hydrogens is 191 g/mol. The first-order valence-electron chi connectivity index (χ1n) is 4.94. The SMILES string of the molecule is CC(C)c1nc(N)cc2cccc(F)c12. The van der Waals surface area contributed by atoms with Crippen LogP contribution in [0.15, 0.2) is 24.3 Å². The molecule has 2 N–H and O–H groups in total. The predicted molar refractivity (Wildman–Crippen MR) is 60.2 cm³/mol. The molecule has 0 spiro atoms. The first kappa shape index (κ1) is 9.90. The lowest BCUT2D eigenvalue weighted by molar-refractivity contribution is 0.636. The number of fused-ring (bicyclic) bond motifs is 1. The third kappa shape index (κ3) is 1.65. The van der Waals surface area contributed by atoms with E-state index in [0.29, 0.717) is 11.2 Å². The molecule has 2 nitrogen and oxygen atoms in total. The molecule has 0 saturated carbocycles. The fraction of sp³-hybridized carbons (Fsp3) is 0.250. The minimum absolute atomic E-state index is 0.160. The number of nitrogen functional groups attached to an aromatic ring is 1. The first-order valence-corrected chi connectivity index (χ1v) is 4.94. The van der Waals surface area contributed by atoms with Crippen molar-refractivity contribution in [2.75, 3.05) is 5.73 Å². The highest BCUT2D eigenvalue weighted by molar-refractivity contribution is 5.87. The molecule has 2 aromatic rings. The summed E-state index contributed by atoms with van der Waals surface area (Å²) < 4.78 is 13.7. The van der Waals surface area contributed by atoms with Crippen LogP contribution in [0.5, 0.6) is 0 Å². The van der Waals surface area contributed by atoms with Crippen molar-refractivity contribution in [1.29, 1.82) is 0 Å². The molecule has 0 atom stereocenters. The van der Waals surface area contributed by atoms with Gasteiger partial charge in [-0.2, -0.15) is 0 Å². The molecule has 0 bridgehead atoms. The van der Waals surface area contributed by atoms with Crippen molar-refractivity contribution in [3.8, 4) is 0 Å². The number of pyridine rings is 1. The summed E-state index contributed by atoms with van der Waals surface area (Å²) in [6.45, 7) is 3.96. The molecule has 0 fully saturated rings. The normalized spacial score (nSPS) is 11.2. The van der Waals surface area contributed by atoms with E-state index in [4.69, 9.17) is 5.73 Å². The summed E-state index contributed by atoms with van der Waals surface area (Å²) in [7, 11) is 0. The average Bonchev–Trinajstić information content (AvgIpc) is 2.16. The Kier molecular flexibility index (Phi) is 2.31. The molecule has 0 unspecified atom stereocenters. The summed E-state index contributed by atoms with van der Waals surface area (Å²) in [5.41, 5.74) is 6.40. The highest BCUT2D eigenvalue weighted by Gasteiger charge is 2.11. The lowest BCUT2D eigenvalue weighted by Gasteiger charge is -2.10. The van der Waals surface area contributed by atoms with Crippen molar-refractivity contribution < 1.29 is 4.39 Å². The zero-order chi connectivity index (χ0) is 11.0. The molecule has 0 aliphatic heterocycles. The molecule has 78 valence electrons. The van der Waals surface area contributed by atoms with Crippen LogP contribution in [-0.2, 0) is 0 Å². The van der Waals surface area contributed by atoms with Crippen molar-refractivity contribution in [2.45, 2.75) is 19.8 Å². The van der Waals surface area contributed by atoms with Gasteiger partial charge in [-0.15, -0.1) is 0 Å². The molecule has 1 heterocycles. The van der Waals surface area contributed by atoms with E-state index in [9.17, 15) is 4.39 Å². The van der Waals surface area contributed by atoms with Gasteiger partial charge in [0, 0.05) is 5.39 Å². The Labute approximate surface area is 87.9 Å². The third-order valence-electron chi connectivity index (χ3n) is 2.40. The summed E-state index contributed by atoms with van der Waals surface area (Å²) in [4.78, 5) is 4.20. The lowest BCUT2D eigenvalue weighted by Crippen LogP contribution is -2.00. The van der Waals surface area contributed by atoms with Gasteiger partial charge in [-0.05, 0) is 23.4 Å². The van der Waals surface area contributed by atoms with E-state index >= 15 is 0 Å². The summed E-state index contributed by atoms with van der Waals surface area (Å²) in [5, 5.41) is 1.40. The number of aromatic nitrogens is 1. The number of halogens is 1. The fourth-order valence-electron chi connectivity index (χ4n) is 1.74. The van der Waals surface area contributed by atoms with Crippen LogP contribution in [0.2, 0.25) is 0 Å². The Hall–Kier alpha value is -1.64. The van der Waals surface area contributed by atoms with Crippen LogP contribution in [0.25, 0.3) is 10.8 Å². The zero-order valence-corrected chi connectivity index (χ0v) is 8.79. The van der Waals surface area contributed by atoms with Crippen molar-refractivity contribution in [2.24, 2.45) is 0 Å². The average molecular weight is 204 g/mol. The number of rotatable bonds is 1. The van der Waals surface area contributed by atoms with Gasteiger partial charge in [0.05, 0.1) is 5.69 Å². The van der Waals surface area contributed by atoms with Gasteiger partial charge in [0.1, 0.15) is 11.6 Å². The van der Waals surface area contributed by atoms with E-state index in [1.165, 1.54) is 6.07 Å². The van der Waals surface area contributed by atoms with Crippen LogP contribution in [0.4, 0.5) is 10.2 Å². The first-order chi connectivity index (χ1) is 7.09. The topological polar surface area (TPSA) is 38.9 Å². The van der Waals surface area contributed by atoms with Gasteiger partial charge in [0.15, 0.2) is 0 Å². The molecule has 2 rings (SSSR count). The van der Waals surface area contributed by atoms with Gasteiger partial charge in [0.2, 0.25) is 0 Å². The Morgan fingerprint density at radius 1 is 1.33 bits per heavy atom. The molecule has 0 radical (unpaired) electrons.